The number of hydrogen-bond donors (Lipinski definition) is 1. The fourth-order valence-corrected chi connectivity index (χ4v) is 3.54. The van der Waals surface area contributed by atoms with Crippen LogP contribution in [0, 0.1) is 6.92 Å². The maximum atomic E-state index is 12.3. The minimum Gasteiger partial charge on any atom is -0.366 e. The lowest BCUT2D eigenvalue weighted by Gasteiger charge is -2.11. The summed E-state index contributed by atoms with van der Waals surface area (Å²) < 4.78 is 4.52. The lowest BCUT2D eigenvalue weighted by molar-refractivity contribution is 0.0983. The van der Waals surface area contributed by atoms with Crippen molar-refractivity contribution < 1.29 is 4.79 Å². The van der Waals surface area contributed by atoms with Crippen LogP contribution in [-0.2, 0) is 13.6 Å². The van der Waals surface area contributed by atoms with E-state index in [2.05, 4.69) is 48.4 Å². The number of benzene rings is 1. The summed E-state index contributed by atoms with van der Waals surface area (Å²) in [6, 6.07) is 9.99. The molecule has 0 saturated heterocycles. The van der Waals surface area contributed by atoms with Crippen molar-refractivity contribution in [2.24, 2.45) is 7.05 Å². The fourth-order valence-electron chi connectivity index (χ4n) is 3.20. The van der Waals surface area contributed by atoms with Gasteiger partial charge in [0.1, 0.15) is 17.3 Å². The van der Waals surface area contributed by atoms with Gasteiger partial charge >= 0.3 is 0 Å². The highest BCUT2D eigenvalue weighted by atomic mass is 79.9. The molecule has 0 spiro atoms. The topological polar surface area (TPSA) is 77.1 Å². The monoisotopic (exact) mass is 452 g/mol. The van der Waals surface area contributed by atoms with E-state index in [1.54, 1.807) is 16.8 Å². The van der Waals surface area contributed by atoms with Crippen molar-refractivity contribution in [1.29, 1.82) is 0 Å². The molecule has 0 radical (unpaired) electrons. The highest BCUT2D eigenvalue weighted by Gasteiger charge is 2.16. The van der Waals surface area contributed by atoms with Gasteiger partial charge in [0.25, 0.3) is 0 Å². The van der Waals surface area contributed by atoms with E-state index in [-0.39, 0.29) is 5.78 Å². The number of nitrogens with zero attached hydrogens (tertiary/aromatic N) is 5. The van der Waals surface area contributed by atoms with Crippen molar-refractivity contribution >= 4 is 33.2 Å². The zero-order chi connectivity index (χ0) is 20.5. The fraction of sp³-hybridized carbons (Fsp3) is 0.238. The normalized spacial score (nSPS) is 11.2. The van der Waals surface area contributed by atoms with E-state index in [4.69, 9.17) is 0 Å². The average molecular weight is 453 g/mol. The third kappa shape index (κ3) is 3.67. The molecule has 4 rings (SSSR count). The van der Waals surface area contributed by atoms with Crippen LogP contribution in [0.25, 0.3) is 17.0 Å². The summed E-state index contributed by atoms with van der Waals surface area (Å²) in [6.07, 6.45) is 4.12. The second kappa shape index (κ2) is 7.79. The van der Waals surface area contributed by atoms with Gasteiger partial charge in [-0.1, -0.05) is 25.1 Å². The molecule has 1 aromatic carbocycles. The molecule has 0 amide bonds. The summed E-state index contributed by atoms with van der Waals surface area (Å²) in [6.45, 7) is 4.31. The number of anilines is 1. The van der Waals surface area contributed by atoms with Crippen LogP contribution < -0.4 is 5.32 Å². The van der Waals surface area contributed by atoms with Gasteiger partial charge in [0.15, 0.2) is 11.4 Å². The van der Waals surface area contributed by atoms with Crippen LogP contribution in [0.4, 0.5) is 5.82 Å². The first-order chi connectivity index (χ1) is 14.0. The summed E-state index contributed by atoms with van der Waals surface area (Å²) in [7, 11) is 1.98. The van der Waals surface area contributed by atoms with Gasteiger partial charge in [-0.2, -0.15) is 9.61 Å². The molecule has 0 bridgehead atoms. The standard InChI is InChI=1S/C21H21BrN6O/c1-4-17(29)16-11-18(28-21(25-16)19(22)13(2)26-28)24-12-14-6-5-7-15(10-14)20-23-8-9-27(20)3/h5-11,24H,4,12H2,1-3H3. The van der Waals surface area contributed by atoms with Crippen LogP contribution in [0.3, 0.4) is 0 Å². The van der Waals surface area contributed by atoms with Crippen LogP contribution in [-0.4, -0.2) is 29.9 Å². The van der Waals surface area contributed by atoms with Gasteiger partial charge in [-0.3, -0.25) is 4.79 Å². The predicted octanol–water partition coefficient (Wildman–Crippen LogP) is 4.41. The van der Waals surface area contributed by atoms with Gasteiger partial charge in [0, 0.05) is 44.0 Å². The maximum absolute atomic E-state index is 12.3. The molecule has 0 unspecified atom stereocenters. The number of fused-ring (bicyclic) bond motifs is 1. The highest BCUT2D eigenvalue weighted by molar-refractivity contribution is 9.10. The Hall–Kier alpha value is -3.00. The van der Waals surface area contributed by atoms with Crippen LogP contribution in [0.5, 0.6) is 0 Å². The first kappa shape index (κ1) is 19.3. The van der Waals surface area contributed by atoms with Crippen molar-refractivity contribution in [2.45, 2.75) is 26.8 Å². The molecule has 1 N–H and O–H groups in total. The highest BCUT2D eigenvalue weighted by Crippen LogP contribution is 2.25. The zero-order valence-corrected chi connectivity index (χ0v) is 18.1. The van der Waals surface area contributed by atoms with E-state index in [0.717, 1.165) is 32.9 Å². The molecule has 0 saturated carbocycles. The Balaban J connectivity index is 1.67. The minimum absolute atomic E-state index is 0.00178. The van der Waals surface area contributed by atoms with Gasteiger partial charge in [0.2, 0.25) is 0 Å². The molecular formula is C21H21BrN6O. The molecule has 29 heavy (non-hydrogen) atoms. The Morgan fingerprint density at radius 1 is 1.28 bits per heavy atom. The lowest BCUT2D eigenvalue weighted by Crippen LogP contribution is -2.10. The summed E-state index contributed by atoms with van der Waals surface area (Å²) >= 11 is 3.53. The number of hydrogen-bond acceptors (Lipinski definition) is 5. The number of nitrogens with one attached hydrogen (secondary N) is 1. The Labute approximate surface area is 176 Å². The summed E-state index contributed by atoms with van der Waals surface area (Å²) in [5.74, 6) is 1.64. The minimum atomic E-state index is -0.00178. The second-order valence-corrected chi connectivity index (χ2v) is 7.65. The lowest BCUT2D eigenvalue weighted by atomic mass is 10.1. The Morgan fingerprint density at radius 2 is 2.10 bits per heavy atom. The molecule has 0 aliphatic carbocycles. The van der Waals surface area contributed by atoms with E-state index in [1.165, 1.54) is 0 Å². The SMILES string of the molecule is CCC(=O)c1cc(NCc2cccc(-c3nccn3C)c2)n2nc(C)c(Br)c2n1. The molecule has 0 fully saturated rings. The van der Waals surface area contributed by atoms with Gasteiger partial charge in [0.05, 0.1) is 10.2 Å². The molecule has 4 aromatic rings. The number of aromatic nitrogens is 5. The molecule has 0 aliphatic heterocycles. The maximum Gasteiger partial charge on any atom is 0.181 e. The van der Waals surface area contributed by atoms with E-state index < -0.39 is 0 Å². The van der Waals surface area contributed by atoms with Gasteiger partial charge in [-0.15, -0.1) is 0 Å². The number of imidazole rings is 1. The van der Waals surface area contributed by atoms with Crippen LogP contribution in [0.2, 0.25) is 0 Å². The van der Waals surface area contributed by atoms with Crippen molar-refractivity contribution in [3.63, 3.8) is 0 Å². The number of carbonyl (C=O) groups is 1. The predicted molar refractivity (Wildman–Crippen MR) is 116 cm³/mol. The van der Waals surface area contributed by atoms with Gasteiger partial charge < -0.3 is 9.88 Å². The smallest absolute Gasteiger partial charge is 0.181 e. The summed E-state index contributed by atoms with van der Waals surface area (Å²) in [5.41, 5.74) is 4.03. The molecule has 3 aromatic heterocycles. The number of Topliss-reactive ketones (excluding diaryl/α,β-unsaturated/α-hetero) is 1. The number of ketones is 1. The van der Waals surface area contributed by atoms with Crippen molar-refractivity contribution in [3.8, 4) is 11.4 Å². The van der Waals surface area contributed by atoms with E-state index in [0.29, 0.717) is 24.3 Å². The molecular weight excluding hydrogens is 432 g/mol. The Kier molecular flexibility index (Phi) is 5.19. The van der Waals surface area contributed by atoms with Crippen molar-refractivity contribution in [3.05, 3.63) is 64.1 Å². The molecule has 0 atom stereocenters. The van der Waals surface area contributed by atoms with Gasteiger partial charge in [-0.05, 0) is 34.5 Å². The first-order valence-electron chi connectivity index (χ1n) is 9.37. The van der Waals surface area contributed by atoms with Crippen LogP contribution in [0.15, 0.2) is 47.2 Å². The molecule has 8 heteroatoms. The van der Waals surface area contributed by atoms with E-state index in [9.17, 15) is 4.79 Å². The quantitative estimate of drug-likeness (QED) is 0.438. The van der Waals surface area contributed by atoms with Crippen molar-refractivity contribution in [1.82, 2.24) is 24.1 Å². The summed E-state index contributed by atoms with van der Waals surface area (Å²) in [4.78, 5) is 21.2. The number of halogens is 1. The Bertz CT molecular complexity index is 1210. The van der Waals surface area contributed by atoms with Crippen molar-refractivity contribution in [2.75, 3.05) is 5.32 Å². The Morgan fingerprint density at radius 3 is 2.83 bits per heavy atom. The summed E-state index contributed by atoms with van der Waals surface area (Å²) in [5, 5.41) is 7.95. The molecule has 7 nitrogen and oxygen atoms in total. The third-order valence-corrected chi connectivity index (χ3v) is 5.71. The van der Waals surface area contributed by atoms with Gasteiger partial charge in [-0.25, -0.2) is 9.97 Å². The van der Waals surface area contributed by atoms with E-state index in [1.807, 2.05) is 43.8 Å². The third-order valence-electron chi connectivity index (χ3n) is 4.78. The number of rotatable bonds is 6. The van der Waals surface area contributed by atoms with Crippen LogP contribution >= 0.6 is 15.9 Å². The molecule has 0 aliphatic rings. The number of carbonyl (C=O) groups excluding carboxylic acids is 1. The number of aryl methyl sites for hydroxylation is 2. The van der Waals surface area contributed by atoms with E-state index >= 15 is 0 Å². The van der Waals surface area contributed by atoms with Crippen LogP contribution in [0.1, 0.15) is 35.1 Å². The zero-order valence-electron chi connectivity index (χ0n) is 16.5. The average Bonchev–Trinajstić information content (AvgIpc) is 3.29. The second-order valence-electron chi connectivity index (χ2n) is 6.85. The first-order valence-corrected chi connectivity index (χ1v) is 10.2. The molecule has 3 heterocycles. The molecule has 148 valence electrons. The largest absolute Gasteiger partial charge is 0.366 e.